The topological polar surface area (TPSA) is 64.8 Å². The van der Waals surface area contributed by atoms with Crippen molar-refractivity contribution < 1.29 is 18.8 Å². The normalized spacial score (nSPS) is 19.9. The van der Waals surface area contributed by atoms with Crippen molar-refractivity contribution in [2.75, 3.05) is 19.8 Å². The van der Waals surface area contributed by atoms with Crippen molar-refractivity contribution >= 4 is 5.91 Å². The number of aromatic nitrogens is 1. The third-order valence-corrected chi connectivity index (χ3v) is 4.30. The molecule has 1 amide bonds. The minimum absolute atomic E-state index is 0.0312. The van der Waals surface area contributed by atoms with Gasteiger partial charge in [-0.3, -0.25) is 4.79 Å². The zero-order chi connectivity index (χ0) is 15.8. The van der Waals surface area contributed by atoms with Crippen molar-refractivity contribution in [2.45, 2.75) is 25.8 Å². The molecule has 23 heavy (non-hydrogen) atoms. The van der Waals surface area contributed by atoms with Crippen LogP contribution >= 0.6 is 0 Å². The number of likely N-dealkylation sites (tertiary alicyclic amines) is 1. The minimum atomic E-state index is -0.108. The van der Waals surface area contributed by atoms with Crippen molar-refractivity contribution in [1.82, 2.24) is 10.1 Å². The second-order valence-corrected chi connectivity index (χ2v) is 5.89. The fourth-order valence-corrected chi connectivity index (χ4v) is 3.23. The molecule has 2 aliphatic heterocycles. The predicted molar refractivity (Wildman–Crippen MR) is 81.7 cm³/mol. The summed E-state index contributed by atoms with van der Waals surface area (Å²) in [4.78, 5) is 14.5. The maximum atomic E-state index is 12.7. The molecule has 3 heterocycles. The lowest BCUT2D eigenvalue weighted by molar-refractivity contribution is 0.0692. The van der Waals surface area contributed by atoms with Gasteiger partial charge < -0.3 is 18.9 Å². The molecule has 120 valence electrons. The lowest BCUT2D eigenvalue weighted by atomic mass is 10.0. The Morgan fingerprint density at radius 1 is 1.22 bits per heavy atom. The van der Waals surface area contributed by atoms with Gasteiger partial charge in [0.15, 0.2) is 11.5 Å². The number of benzene rings is 1. The Labute approximate surface area is 134 Å². The summed E-state index contributed by atoms with van der Waals surface area (Å²) in [7, 11) is 0. The summed E-state index contributed by atoms with van der Waals surface area (Å²) in [6, 6.07) is 7.63. The van der Waals surface area contributed by atoms with Crippen LogP contribution in [0, 0.1) is 6.92 Å². The summed E-state index contributed by atoms with van der Waals surface area (Å²) in [6.07, 6.45) is 1.90. The van der Waals surface area contributed by atoms with Crippen LogP contribution in [0.15, 0.2) is 28.8 Å². The van der Waals surface area contributed by atoms with Crippen molar-refractivity contribution in [2.24, 2.45) is 0 Å². The molecule has 4 rings (SSSR count). The van der Waals surface area contributed by atoms with Gasteiger partial charge in [-0.25, -0.2) is 0 Å². The standard InChI is InChI=1S/C17H18N2O4/c1-11-9-16(23-18-11)17(20)19-6-2-3-13(19)12-4-5-14-15(10-12)22-8-7-21-14/h4-5,9-10,13H,2-3,6-8H2,1H3/t13-/m1/s1. The Bertz CT molecular complexity index is 740. The van der Waals surface area contributed by atoms with Crippen LogP contribution in [0.5, 0.6) is 11.5 Å². The molecule has 0 saturated carbocycles. The third-order valence-electron chi connectivity index (χ3n) is 4.30. The number of carbonyl (C=O) groups is 1. The Hall–Kier alpha value is -2.50. The van der Waals surface area contributed by atoms with Gasteiger partial charge in [0.05, 0.1) is 11.7 Å². The number of ether oxygens (including phenoxy) is 2. The Morgan fingerprint density at radius 2 is 2.04 bits per heavy atom. The minimum Gasteiger partial charge on any atom is -0.486 e. The quantitative estimate of drug-likeness (QED) is 0.853. The van der Waals surface area contributed by atoms with E-state index >= 15 is 0 Å². The van der Waals surface area contributed by atoms with E-state index in [0.29, 0.717) is 24.7 Å². The van der Waals surface area contributed by atoms with Gasteiger partial charge in [-0.2, -0.15) is 0 Å². The zero-order valence-corrected chi connectivity index (χ0v) is 12.9. The number of nitrogens with zero attached hydrogens (tertiary/aromatic N) is 2. The SMILES string of the molecule is Cc1cc(C(=O)N2CCC[C@@H]2c2ccc3c(c2)OCCO3)on1. The number of aryl methyl sites for hydroxylation is 1. The van der Waals surface area contributed by atoms with Gasteiger partial charge in [0, 0.05) is 12.6 Å². The summed E-state index contributed by atoms with van der Waals surface area (Å²) in [5.74, 6) is 1.71. The first-order valence-electron chi connectivity index (χ1n) is 7.86. The molecule has 6 nitrogen and oxygen atoms in total. The van der Waals surface area contributed by atoms with Crippen LogP contribution in [0.2, 0.25) is 0 Å². The molecular weight excluding hydrogens is 296 g/mol. The summed E-state index contributed by atoms with van der Waals surface area (Å²) < 4.78 is 16.3. The third kappa shape index (κ3) is 2.54. The van der Waals surface area contributed by atoms with E-state index in [1.54, 1.807) is 6.07 Å². The molecule has 0 bridgehead atoms. The zero-order valence-electron chi connectivity index (χ0n) is 12.9. The molecule has 1 fully saturated rings. The van der Waals surface area contributed by atoms with E-state index in [1.807, 2.05) is 30.0 Å². The van der Waals surface area contributed by atoms with Gasteiger partial charge in [-0.15, -0.1) is 0 Å². The Morgan fingerprint density at radius 3 is 2.83 bits per heavy atom. The monoisotopic (exact) mass is 314 g/mol. The highest BCUT2D eigenvalue weighted by Crippen LogP contribution is 2.38. The molecule has 6 heteroatoms. The van der Waals surface area contributed by atoms with Crippen molar-refractivity contribution in [3.05, 3.63) is 41.3 Å². The van der Waals surface area contributed by atoms with E-state index in [0.717, 1.165) is 36.4 Å². The highest BCUT2D eigenvalue weighted by Gasteiger charge is 2.33. The van der Waals surface area contributed by atoms with Crippen LogP contribution in [-0.2, 0) is 0 Å². The number of rotatable bonds is 2. The van der Waals surface area contributed by atoms with Gasteiger partial charge in [0.2, 0.25) is 5.76 Å². The number of hydrogen-bond donors (Lipinski definition) is 0. The van der Waals surface area contributed by atoms with E-state index in [2.05, 4.69) is 5.16 Å². The second-order valence-electron chi connectivity index (χ2n) is 5.89. The molecular formula is C17H18N2O4. The summed E-state index contributed by atoms with van der Waals surface area (Å²) in [6.45, 7) is 3.66. The predicted octanol–water partition coefficient (Wildman–Crippen LogP) is 2.73. The van der Waals surface area contributed by atoms with Crippen LogP contribution in [0.3, 0.4) is 0 Å². The van der Waals surface area contributed by atoms with Crippen LogP contribution in [0.4, 0.5) is 0 Å². The van der Waals surface area contributed by atoms with Crippen LogP contribution in [-0.4, -0.2) is 35.7 Å². The maximum Gasteiger partial charge on any atom is 0.292 e. The number of carbonyl (C=O) groups excluding carboxylic acids is 1. The molecule has 0 spiro atoms. The largest absolute Gasteiger partial charge is 0.486 e. The van der Waals surface area contributed by atoms with Gasteiger partial charge in [0.25, 0.3) is 5.91 Å². The summed E-state index contributed by atoms with van der Waals surface area (Å²) in [5, 5.41) is 3.81. The van der Waals surface area contributed by atoms with Crippen molar-refractivity contribution in [1.29, 1.82) is 0 Å². The van der Waals surface area contributed by atoms with Gasteiger partial charge in [-0.1, -0.05) is 11.2 Å². The first-order chi connectivity index (χ1) is 11.2. The Kier molecular flexibility index (Phi) is 3.44. The number of amides is 1. The lowest BCUT2D eigenvalue weighted by Crippen LogP contribution is -2.30. The molecule has 1 aromatic carbocycles. The molecule has 2 aromatic rings. The molecule has 0 radical (unpaired) electrons. The van der Waals surface area contributed by atoms with Crippen LogP contribution < -0.4 is 9.47 Å². The molecule has 0 aliphatic carbocycles. The van der Waals surface area contributed by atoms with E-state index < -0.39 is 0 Å². The van der Waals surface area contributed by atoms with E-state index in [4.69, 9.17) is 14.0 Å². The first-order valence-corrected chi connectivity index (χ1v) is 7.86. The van der Waals surface area contributed by atoms with E-state index in [1.165, 1.54) is 0 Å². The lowest BCUT2D eigenvalue weighted by Gasteiger charge is -2.26. The van der Waals surface area contributed by atoms with E-state index in [-0.39, 0.29) is 11.9 Å². The average Bonchev–Trinajstić information content (AvgIpc) is 3.23. The molecule has 1 aromatic heterocycles. The van der Waals surface area contributed by atoms with Gasteiger partial charge in [0.1, 0.15) is 13.2 Å². The number of hydrogen-bond acceptors (Lipinski definition) is 5. The fraction of sp³-hybridized carbons (Fsp3) is 0.412. The van der Waals surface area contributed by atoms with Gasteiger partial charge >= 0.3 is 0 Å². The summed E-state index contributed by atoms with van der Waals surface area (Å²) in [5.41, 5.74) is 1.78. The second kappa shape index (κ2) is 5.61. The fourth-order valence-electron chi connectivity index (χ4n) is 3.23. The molecule has 1 atom stereocenters. The summed E-state index contributed by atoms with van der Waals surface area (Å²) >= 11 is 0. The Balaban J connectivity index is 1.61. The molecule has 0 unspecified atom stereocenters. The average molecular weight is 314 g/mol. The highest BCUT2D eigenvalue weighted by molar-refractivity contribution is 5.92. The maximum absolute atomic E-state index is 12.7. The smallest absolute Gasteiger partial charge is 0.292 e. The van der Waals surface area contributed by atoms with Crippen LogP contribution in [0.1, 0.15) is 40.7 Å². The first kappa shape index (κ1) is 14.1. The van der Waals surface area contributed by atoms with Crippen LogP contribution in [0.25, 0.3) is 0 Å². The molecule has 1 saturated heterocycles. The van der Waals surface area contributed by atoms with Crippen molar-refractivity contribution in [3.8, 4) is 11.5 Å². The highest BCUT2D eigenvalue weighted by atomic mass is 16.6. The van der Waals surface area contributed by atoms with Crippen molar-refractivity contribution in [3.63, 3.8) is 0 Å². The molecule has 0 N–H and O–H groups in total. The molecule has 2 aliphatic rings. The van der Waals surface area contributed by atoms with E-state index in [9.17, 15) is 4.79 Å². The number of fused-ring (bicyclic) bond motifs is 1. The van der Waals surface area contributed by atoms with Gasteiger partial charge in [-0.05, 0) is 37.5 Å².